The highest BCUT2D eigenvalue weighted by Gasteiger charge is 2.35. The van der Waals surface area contributed by atoms with Crippen LogP contribution < -0.4 is 5.32 Å². The minimum absolute atomic E-state index is 0. The molecule has 146 valence electrons. The van der Waals surface area contributed by atoms with E-state index in [4.69, 9.17) is 0 Å². The molecule has 1 N–H and O–H groups in total. The Hall–Kier alpha value is -1.15. The topological polar surface area (TPSA) is 69.7 Å². The van der Waals surface area contributed by atoms with Crippen LogP contribution in [0, 0.1) is 0 Å². The van der Waals surface area contributed by atoms with Crippen LogP contribution in [-0.4, -0.2) is 62.3 Å². The van der Waals surface area contributed by atoms with Gasteiger partial charge in [0.2, 0.25) is 15.9 Å². The van der Waals surface area contributed by atoms with Gasteiger partial charge in [-0.05, 0) is 36.5 Å². The van der Waals surface area contributed by atoms with Crippen LogP contribution in [0.1, 0.15) is 38.2 Å². The lowest BCUT2D eigenvalue weighted by Crippen LogP contribution is -2.57. The van der Waals surface area contributed by atoms with Crippen LogP contribution in [0.5, 0.6) is 0 Å². The number of sulfonamides is 1. The van der Waals surface area contributed by atoms with Crippen LogP contribution in [0.4, 0.5) is 0 Å². The molecular formula is C18H28ClN3O3S. The molecule has 8 heteroatoms. The summed E-state index contributed by atoms with van der Waals surface area (Å²) in [6, 6.07) is 7.15. The average Bonchev–Trinajstić information content (AvgIpc) is 2.62. The Bertz CT molecular complexity index is 722. The number of piperazine rings is 1. The van der Waals surface area contributed by atoms with Crippen molar-refractivity contribution in [1.29, 1.82) is 0 Å². The van der Waals surface area contributed by atoms with Crippen molar-refractivity contribution >= 4 is 28.3 Å². The first-order valence-corrected chi connectivity index (χ1v) is 10.4. The number of rotatable bonds is 4. The number of carbonyl (C=O) groups is 1. The van der Waals surface area contributed by atoms with Crippen LogP contribution in [0.25, 0.3) is 0 Å². The van der Waals surface area contributed by atoms with Gasteiger partial charge in [0, 0.05) is 32.2 Å². The standard InChI is InChI=1S/C18H27N3O3S.ClH/c1-14(2)15-5-7-17(8-6-15)25(23,24)20-10-3-4-16(13-20)21-11-9-19-12-18(21)22;/h5-8,14,16,19H,3-4,9-13H2,1-2H3;1H. The maximum atomic E-state index is 13.0. The Labute approximate surface area is 162 Å². The van der Waals surface area contributed by atoms with Gasteiger partial charge in [-0.2, -0.15) is 4.31 Å². The lowest BCUT2D eigenvalue weighted by atomic mass is 10.0. The summed E-state index contributed by atoms with van der Waals surface area (Å²) in [5, 5.41) is 3.06. The number of halogens is 1. The number of carbonyl (C=O) groups excluding carboxylic acids is 1. The molecule has 2 aliphatic heterocycles. The molecule has 1 aromatic rings. The van der Waals surface area contributed by atoms with E-state index in [1.54, 1.807) is 16.4 Å². The van der Waals surface area contributed by atoms with E-state index in [1.807, 2.05) is 17.0 Å². The third-order valence-corrected chi connectivity index (χ3v) is 6.99. The Morgan fingerprint density at radius 1 is 1.15 bits per heavy atom. The van der Waals surface area contributed by atoms with Crippen molar-refractivity contribution in [3.63, 3.8) is 0 Å². The van der Waals surface area contributed by atoms with Gasteiger partial charge in [-0.25, -0.2) is 8.42 Å². The molecule has 0 bridgehead atoms. The highest BCUT2D eigenvalue weighted by Crippen LogP contribution is 2.25. The van der Waals surface area contributed by atoms with Crippen molar-refractivity contribution in [3.8, 4) is 0 Å². The number of nitrogens with one attached hydrogen (secondary N) is 1. The van der Waals surface area contributed by atoms with Crippen molar-refractivity contribution in [3.05, 3.63) is 29.8 Å². The van der Waals surface area contributed by atoms with Crippen molar-refractivity contribution in [1.82, 2.24) is 14.5 Å². The van der Waals surface area contributed by atoms with E-state index in [9.17, 15) is 13.2 Å². The molecule has 0 aromatic heterocycles. The lowest BCUT2D eigenvalue weighted by molar-refractivity contribution is -0.135. The molecule has 0 spiro atoms. The summed E-state index contributed by atoms with van der Waals surface area (Å²) in [5.41, 5.74) is 1.13. The van der Waals surface area contributed by atoms with E-state index in [2.05, 4.69) is 19.2 Å². The van der Waals surface area contributed by atoms with Gasteiger partial charge >= 0.3 is 0 Å². The second-order valence-corrected chi connectivity index (χ2v) is 9.08. The molecule has 2 heterocycles. The zero-order valence-electron chi connectivity index (χ0n) is 15.3. The molecule has 0 saturated carbocycles. The number of benzene rings is 1. The van der Waals surface area contributed by atoms with Crippen LogP contribution >= 0.6 is 12.4 Å². The SMILES string of the molecule is CC(C)c1ccc(S(=O)(=O)N2CCCC(N3CCNCC3=O)C2)cc1.Cl. The fraction of sp³-hybridized carbons (Fsp3) is 0.611. The molecule has 1 amide bonds. The minimum atomic E-state index is -3.51. The second kappa shape index (κ2) is 8.69. The Balaban J connectivity index is 0.00000243. The van der Waals surface area contributed by atoms with E-state index in [-0.39, 0.29) is 24.4 Å². The van der Waals surface area contributed by atoms with Crippen LogP contribution in [0.15, 0.2) is 29.2 Å². The number of nitrogens with zero attached hydrogens (tertiary/aromatic N) is 2. The molecule has 1 unspecified atom stereocenters. The fourth-order valence-electron chi connectivity index (χ4n) is 3.57. The van der Waals surface area contributed by atoms with Crippen LogP contribution in [-0.2, 0) is 14.8 Å². The summed E-state index contributed by atoms with van der Waals surface area (Å²) >= 11 is 0. The molecule has 2 fully saturated rings. The summed E-state index contributed by atoms with van der Waals surface area (Å²) in [6.07, 6.45) is 1.65. The third kappa shape index (κ3) is 4.39. The van der Waals surface area contributed by atoms with Crippen LogP contribution in [0.2, 0.25) is 0 Å². The Kier molecular flexibility index (Phi) is 7.07. The maximum absolute atomic E-state index is 13.0. The third-order valence-electron chi connectivity index (χ3n) is 5.11. The average molecular weight is 402 g/mol. The minimum Gasteiger partial charge on any atom is -0.336 e. The normalized spacial score (nSPS) is 22.3. The van der Waals surface area contributed by atoms with E-state index in [0.717, 1.165) is 24.9 Å². The Morgan fingerprint density at radius 3 is 2.46 bits per heavy atom. The summed E-state index contributed by atoms with van der Waals surface area (Å²) in [5.74, 6) is 0.437. The van der Waals surface area contributed by atoms with E-state index >= 15 is 0 Å². The zero-order chi connectivity index (χ0) is 18.0. The summed E-state index contributed by atoms with van der Waals surface area (Å²) in [6.45, 7) is 6.85. The van der Waals surface area contributed by atoms with Gasteiger partial charge in [-0.3, -0.25) is 4.79 Å². The molecule has 26 heavy (non-hydrogen) atoms. The molecule has 1 atom stereocenters. The largest absolute Gasteiger partial charge is 0.336 e. The molecule has 0 radical (unpaired) electrons. The van der Waals surface area contributed by atoms with Crippen molar-refractivity contribution in [2.24, 2.45) is 0 Å². The zero-order valence-corrected chi connectivity index (χ0v) is 17.0. The van der Waals surface area contributed by atoms with Crippen molar-refractivity contribution < 1.29 is 13.2 Å². The monoisotopic (exact) mass is 401 g/mol. The Morgan fingerprint density at radius 2 is 1.85 bits per heavy atom. The smallest absolute Gasteiger partial charge is 0.243 e. The van der Waals surface area contributed by atoms with Gasteiger partial charge in [-0.1, -0.05) is 26.0 Å². The summed E-state index contributed by atoms with van der Waals surface area (Å²) in [7, 11) is -3.51. The number of hydrogen-bond acceptors (Lipinski definition) is 4. The van der Waals surface area contributed by atoms with Gasteiger partial charge in [0.05, 0.1) is 11.4 Å². The molecule has 0 aliphatic carbocycles. The van der Waals surface area contributed by atoms with E-state index in [0.29, 0.717) is 37.0 Å². The quantitative estimate of drug-likeness (QED) is 0.835. The fourth-order valence-corrected chi connectivity index (χ4v) is 5.09. The number of hydrogen-bond donors (Lipinski definition) is 1. The first-order valence-electron chi connectivity index (χ1n) is 9.00. The van der Waals surface area contributed by atoms with E-state index < -0.39 is 10.0 Å². The van der Waals surface area contributed by atoms with Gasteiger partial charge in [0.15, 0.2) is 0 Å². The second-order valence-electron chi connectivity index (χ2n) is 7.15. The van der Waals surface area contributed by atoms with E-state index in [1.165, 1.54) is 0 Å². The highest BCUT2D eigenvalue weighted by molar-refractivity contribution is 7.89. The van der Waals surface area contributed by atoms with Gasteiger partial charge in [0.25, 0.3) is 0 Å². The predicted molar refractivity (Wildman–Crippen MR) is 104 cm³/mol. The summed E-state index contributed by atoms with van der Waals surface area (Å²) < 4.78 is 27.5. The molecule has 6 nitrogen and oxygen atoms in total. The van der Waals surface area contributed by atoms with Crippen LogP contribution in [0.3, 0.4) is 0 Å². The molecule has 3 rings (SSSR count). The van der Waals surface area contributed by atoms with Crippen molar-refractivity contribution in [2.45, 2.75) is 43.5 Å². The maximum Gasteiger partial charge on any atom is 0.243 e. The highest BCUT2D eigenvalue weighted by atomic mass is 35.5. The lowest BCUT2D eigenvalue weighted by Gasteiger charge is -2.40. The molecular weight excluding hydrogens is 374 g/mol. The molecule has 2 saturated heterocycles. The summed E-state index contributed by atoms with van der Waals surface area (Å²) in [4.78, 5) is 14.3. The number of piperidine rings is 1. The molecule has 1 aromatic carbocycles. The van der Waals surface area contributed by atoms with Crippen molar-refractivity contribution in [2.75, 3.05) is 32.7 Å². The van der Waals surface area contributed by atoms with Gasteiger partial charge in [0.1, 0.15) is 0 Å². The molecule has 2 aliphatic rings. The first-order chi connectivity index (χ1) is 11.9. The van der Waals surface area contributed by atoms with Gasteiger partial charge < -0.3 is 10.2 Å². The number of amides is 1. The first kappa shape index (κ1) is 21.2. The predicted octanol–water partition coefficient (Wildman–Crippen LogP) is 1.82. The van der Waals surface area contributed by atoms with Gasteiger partial charge in [-0.15, -0.1) is 12.4 Å².